The molecule has 1 fully saturated rings. The van der Waals surface area contributed by atoms with Crippen LogP contribution in [0.15, 0.2) is 12.1 Å². The highest BCUT2D eigenvalue weighted by Crippen LogP contribution is 2.52. The molecule has 3 rings (SSSR count). The Balaban J connectivity index is 2.20. The van der Waals surface area contributed by atoms with E-state index in [4.69, 9.17) is 10.5 Å². The van der Waals surface area contributed by atoms with Crippen molar-refractivity contribution < 1.29 is 23.1 Å². The van der Waals surface area contributed by atoms with E-state index in [1.807, 2.05) is 0 Å². The van der Waals surface area contributed by atoms with Gasteiger partial charge in [0.05, 0.1) is 11.3 Å². The Bertz CT molecular complexity index is 689. The van der Waals surface area contributed by atoms with Gasteiger partial charge in [-0.1, -0.05) is 19.3 Å². The van der Waals surface area contributed by atoms with Gasteiger partial charge < -0.3 is 10.5 Å². The molecule has 2 aliphatic rings. The molecule has 0 radical (unpaired) electrons. The predicted molar refractivity (Wildman–Crippen MR) is 83.2 cm³/mol. The maximum Gasteiger partial charge on any atom is 0.264 e. The van der Waals surface area contributed by atoms with Gasteiger partial charge >= 0.3 is 0 Å². The van der Waals surface area contributed by atoms with E-state index in [0.29, 0.717) is 12.8 Å². The smallest absolute Gasteiger partial charge is 0.264 e. The number of carbonyl (C=O) groups is 2. The van der Waals surface area contributed by atoms with E-state index in [9.17, 15) is 18.4 Å². The van der Waals surface area contributed by atoms with Crippen LogP contribution < -0.4 is 10.6 Å². The average molecular weight is 338 g/mol. The summed E-state index contributed by atoms with van der Waals surface area (Å²) in [6.07, 6.45) is 4.18. The minimum atomic E-state index is -1.60. The standard InChI is InChI=1S/C17H20F2N2O3/c1-24-17(10-5-3-2-4-6-10)14-12(8-7-11(18)15(14)19)21(16(17)23)9-13(20)22/h7-8,10H,2-6,9H2,1H3,(H2,20,22)/t17-/m0/s1. The van der Waals surface area contributed by atoms with E-state index in [0.717, 1.165) is 30.2 Å². The molecule has 1 aromatic rings. The van der Waals surface area contributed by atoms with E-state index < -0.39 is 35.6 Å². The fourth-order valence-corrected chi connectivity index (χ4v) is 4.09. The first-order valence-corrected chi connectivity index (χ1v) is 8.07. The second-order valence-electron chi connectivity index (χ2n) is 6.39. The first kappa shape index (κ1) is 16.8. The number of nitrogens with two attached hydrogens (primary N) is 1. The van der Waals surface area contributed by atoms with Gasteiger partial charge in [0.2, 0.25) is 5.91 Å². The van der Waals surface area contributed by atoms with Gasteiger partial charge in [-0.25, -0.2) is 8.78 Å². The lowest BCUT2D eigenvalue weighted by Crippen LogP contribution is -2.49. The number of ether oxygens (including phenoxy) is 1. The number of nitrogens with zero attached hydrogens (tertiary/aromatic N) is 1. The van der Waals surface area contributed by atoms with Crippen molar-refractivity contribution in [2.45, 2.75) is 37.7 Å². The van der Waals surface area contributed by atoms with Gasteiger partial charge in [-0.05, 0) is 25.0 Å². The quantitative estimate of drug-likeness (QED) is 0.915. The number of hydrogen-bond acceptors (Lipinski definition) is 3. The number of hydrogen-bond donors (Lipinski definition) is 1. The van der Waals surface area contributed by atoms with Crippen LogP contribution in [-0.2, 0) is 19.9 Å². The number of halogens is 2. The number of fused-ring (bicyclic) bond motifs is 1. The van der Waals surface area contributed by atoms with Crippen LogP contribution in [0.1, 0.15) is 37.7 Å². The SMILES string of the molecule is CO[C@]1(C2CCCCC2)C(=O)N(CC(N)=O)c2ccc(F)c(F)c21. The summed E-state index contributed by atoms with van der Waals surface area (Å²) in [5.74, 6) is -3.68. The maximum atomic E-state index is 14.7. The summed E-state index contributed by atoms with van der Waals surface area (Å²) < 4.78 is 34.1. The Kier molecular flexibility index (Phi) is 4.29. The van der Waals surface area contributed by atoms with Gasteiger partial charge in [0, 0.05) is 13.0 Å². The van der Waals surface area contributed by atoms with Gasteiger partial charge in [0.15, 0.2) is 17.2 Å². The lowest BCUT2D eigenvalue weighted by Gasteiger charge is -2.37. The van der Waals surface area contributed by atoms with Crippen molar-refractivity contribution in [3.8, 4) is 0 Å². The van der Waals surface area contributed by atoms with Gasteiger partial charge in [-0.2, -0.15) is 0 Å². The average Bonchev–Trinajstić information content (AvgIpc) is 2.81. The Hall–Kier alpha value is -2.02. The summed E-state index contributed by atoms with van der Waals surface area (Å²) in [6, 6.07) is 2.25. The monoisotopic (exact) mass is 338 g/mol. The van der Waals surface area contributed by atoms with Crippen LogP contribution in [0.4, 0.5) is 14.5 Å². The molecule has 0 unspecified atom stereocenters. The number of amides is 2. The summed E-state index contributed by atoms with van der Waals surface area (Å²) in [4.78, 5) is 25.6. The summed E-state index contributed by atoms with van der Waals surface area (Å²) in [5.41, 5.74) is 3.68. The second kappa shape index (κ2) is 6.12. The summed E-state index contributed by atoms with van der Waals surface area (Å²) in [6.45, 7) is -0.394. The molecule has 0 bridgehead atoms. The molecule has 2 N–H and O–H groups in total. The van der Waals surface area contributed by atoms with Crippen LogP contribution in [0.25, 0.3) is 0 Å². The number of methoxy groups -OCH3 is 1. The minimum Gasteiger partial charge on any atom is -0.368 e. The molecule has 1 saturated carbocycles. The molecule has 1 aromatic carbocycles. The van der Waals surface area contributed by atoms with Crippen LogP contribution in [0, 0.1) is 17.6 Å². The first-order chi connectivity index (χ1) is 11.4. The van der Waals surface area contributed by atoms with Crippen LogP contribution >= 0.6 is 0 Å². The van der Waals surface area contributed by atoms with Crippen LogP contribution in [0.5, 0.6) is 0 Å². The molecular weight excluding hydrogens is 318 g/mol. The molecule has 5 nitrogen and oxygen atoms in total. The van der Waals surface area contributed by atoms with Crippen molar-refractivity contribution >= 4 is 17.5 Å². The van der Waals surface area contributed by atoms with Gasteiger partial charge in [0.1, 0.15) is 6.54 Å². The van der Waals surface area contributed by atoms with Crippen molar-refractivity contribution in [2.75, 3.05) is 18.6 Å². The normalized spacial score (nSPS) is 24.3. The molecule has 130 valence electrons. The Morgan fingerprint density at radius 2 is 2.00 bits per heavy atom. The third kappa shape index (κ3) is 2.30. The van der Waals surface area contributed by atoms with Crippen molar-refractivity contribution in [1.82, 2.24) is 0 Å². The molecule has 2 amide bonds. The van der Waals surface area contributed by atoms with Crippen molar-refractivity contribution in [1.29, 1.82) is 0 Å². The lowest BCUT2D eigenvalue weighted by molar-refractivity contribution is -0.150. The summed E-state index contributed by atoms with van der Waals surface area (Å²) >= 11 is 0. The van der Waals surface area contributed by atoms with Crippen molar-refractivity contribution in [3.05, 3.63) is 29.3 Å². The zero-order valence-electron chi connectivity index (χ0n) is 13.5. The fourth-order valence-electron chi connectivity index (χ4n) is 4.09. The molecule has 1 aliphatic carbocycles. The van der Waals surface area contributed by atoms with E-state index in [-0.39, 0.29) is 17.2 Å². The van der Waals surface area contributed by atoms with Crippen LogP contribution in [0.2, 0.25) is 0 Å². The number of benzene rings is 1. The molecule has 1 heterocycles. The Morgan fingerprint density at radius 3 is 2.58 bits per heavy atom. The highest BCUT2D eigenvalue weighted by molar-refractivity contribution is 6.10. The zero-order chi connectivity index (χ0) is 17.5. The van der Waals surface area contributed by atoms with Crippen molar-refractivity contribution in [2.24, 2.45) is 11.7 Å². The molecule has 0 spiro atoms. The van der Waals surface area contributed by atoms with Gasteiger partial charge in [-0.3, -0.25) is 14.5 Å². The lowest BCUT2D eigenvalue weighted by atomic mass is 9.73. The second-order valence-corrected chi connectivity index (χ2v) is 6.39. The fraction of sp³-hybridized carbons (Fsp3) is 0.529. The number of rotatable bonds is 4. The number of carbonyl (C=O) groups excluding carboxylic acids is 2. The van der Waals surface area contributed by atoms with Crippen LogP contribution in [-0.4, -0.2) is 25.5 Å². The van der Waals surface area contributed by atoms with Gasteiger partial charge in [-0.15, -0.1) is 0 Å². The largest absolute Gasteiger partial charge is 0.368 e. The summed E-state index contributed by atoms with van der Waals surface area (Å²) in [7, 11) is 1.33. The summed E-state index contributed by atoms with van der Waals surface area (Å²) in [5, 5.41) is 0. The highest BCUT2D eigenvalue weighted by atomic mass is 19.2. The van der Waals surface area contributed by atoms with Crippen molar-refractivity contribution in [3.63, 3.8) is 0 Å². The molecule has 7 heteroatoms. The Labute approximate surface area is 138 Å². The molecule has 24 heavy (non-hydrogen) atoms. The third-order valence-electron chi connectivity index (χ3n) is 5.11. The highest BCUT2D eigenvalue weighted by Gasteiger charge is 2.58. The molecular formula is C17H20F2N2O3. The zero-order valence-corrected chi connectivity index (χ0v) is 13.5. The first-order valence-electron chi connectivity index (χ1n) is 8.07. The van der Waals surface area contributed by atoms with Gasteiger partial charge in [0.25, 0.3) is 5.91 Å². The minimum absolute atomic E-state index is 0.108. The number of primary amides is 1. The predicted octanol–water partition coefficient (Wildman–Crippen LogP) is 2.22. The molecule has 0 saturated heterocycles. The molecule has 1 aliphatic heterocycles. The Morgan fingerprint density at radius 1 is 1.33 bits per heavy atom. The third-order valence-corrected chi connectivity index (χ3v) is 5.11. The van der Waals surface area contributed by atoms with E-state index in [1.165, 1.54) is 13.2 Å². The van der Waals surface area contributed by atoms with Crippen LogP contribution in [0.3, 0.4) is 0 Å². The molecule has 0 aromatic heterocycles. The topological polar surface area (TPSA) is 72.6 Å². The van der Waals surface area contributed by atoms with E-state index in [1.54, 1.807) is 0 Å². The maximum absolute atomic E-state index is 14.7. The van der Waals surface area contributed by atoms with E-state index >= 15 is 0 Å². The number of anilines is 1. The van der Waals surface area contributed by atoms with E-state index in [2.05, 4.69) is 0 Å². The molecule has 1 atom stereocenters.